The second-order valence-corrected chi connectivity index (χ2v) is 9.53. The minimum atomic E-state index is -0.125. The topological polar surface area (TPSA) is 50.2 Å². The summed E-state index contributed by atoms with van der Waals surface area (Å²) in [5.74, 6) is -0.0625. The van der Waals surface area contributed by atoms with E-state index in [0.29, 0.717) is 0 Å². The molecule has 3 aromatic carbocycles. The average molecular weight is 641 g/mol. The van der Waals surface area contributed by atoms with Crippen molar-refractivity contribution in [3.05, 3.63) is 101 Å². The van der Waals surface area contributed by atoms with Crippen LogP contribution in [-0.2, 0) is 30.3 Å². The van der Waals surface area contributed by atoms with Crippen LogP contribution in [-0.4, -0.2) is 15.9 Å². The molecule has 0 saturated heterocycles. The first kappa shape index (κ1) is 26.5. The van der Waals surface area contributed by atoms with Gasteiger partial charge in [-0.2, -0.15) is 0 Å². The van der Waals surface area contributed by atoms with Crippen molar-refractivity contribution in [2.45, 2.75) is 47.0 Å². The Morgan fingerprint density at radius 2 is 1.69 bits per heavy atom. The molecule has 0 fully saturated rings. The summed E-state index contributed by atoms with van der Waals surface area (Å²) < 4.78 is 0. The number of hydrogen-bond donors (Lipinski definition) is 1. The van der Waals surface area contributed by atoms with Gasteiger partial charge in [-0.1, -0.05) is 49.7 Å². The number of hydrogen-bond acceptors (Lipinski definition) is 3. The number of aromatic nitrogens is 1. The average Bonchev–Trinajstić information content (AvgIpc) is 3.01. The molecule has 1 aromatic heterocycles. The molecule has 0 amide bonds. The normalized spacial score (nSPS) is 13.3. The molecule has 1 aliphatic rings. The number of carbonyl (C=O) groups excluding carboxylic acids is 1. The number of rotatable bonds is 2. The number of aryl methyl sites for hydroxylation is 2. The molecule has 35 heavy (non-hydrogen) atoms. The van der Waals surface area contributed by atoms with E-state index in [2.05, 4.69) is 82.3 Å². The zero-order valence-electron chi connectivity index (χ0n) is 21.0. The van der Waals surface area contributed by atoms with Gasteiger partial charge in [0, 0.05) is 37.0 Å². The van der Waals surface area contributed by atoms with Gasteiger partial charge in [0.2, 0.25) is 0 Å². The van der Waals surface area contributed by atoms with Crippen molar-refractivity contribution in [1.29, 1.82) is 0 Å². The van der Waals surface area contributed by atoms with Crippen LogP contribution in [0.5, 0.6) is 0 Å². The minimum absolute atomic E-state index is 0. The molecule has 5 rings (SSSR count). The maximum atomic E-state index is 10.0. The summed E-state index contributed by atoms with van der Waals surface area (Å²) in [7, 11) is 0. The Morgan fingerprint density at radius 3 is 2.29 bits per heavy atom. The molecule has 0 atom stereocenters. The Bertz CT molecular complexity index is 1430. The summed E-state index contributed by atoms with van der Waals surface area (Å²) in [6.45, 7) is 11.9. The standard InChI is InChI=1S/C26H22N.C5H8O2.Ir/c1-16-14-17(2)23-20(15-16)22-19-12-8-9-13-21(19)27-25(24(22)26(23,3)4)18-10-6-5-7-11-18;1-4(6)3-5(2)7;/h5-10,12-15H,1-4H3;3,6H,1-2H3;/q-1;;/b;4-3-;. The first-order valence-corrected chi connectivity index (χ1v) is 11.5. The molecule has 3 nitrogen and oxygen atoms in total. The summed E-state index contributed by atoms with van der Waals surface area (Å²) in [6.07, 6.45) is 1.17. The van der Waals surface area contributed by atoms with Crippen LogP contribution >= 0.6 is 0 Å². The van der Waals surface area contributed by atoms with Crippen LogP contribution < -0.4 is 0 Å². The number of benzene rings is 3. The summed E-state index contributed by atoms with van der Waals surface area (Å²) in [5.41, 5.74) is 11.2. The SMILES string of the molecule is CC(=O)/C=C(/C)O.Cc1cc(C)c2c(c1)-c1c(c(-c3[c-]cccc3)nc3ccccc13)C2(C)C.[Ir]. The third-order valence-corrected chi connectivity index (χ3v) is 6.27. The fourth-order valence-electron chi connectivity index (χ4n) is 5.25. The van der Waals surface area contributed by atoms with Crippen LogP contribution in [0.3, 0.4) is 0 Å². The molecular weight excluding hydrogens is 611 g/mol. The first-order valence-electron chi connectivity index (χ1n) is 11.5. The summed E-state index contributed by atoms with van der Waals surface area (Å²) in [6, 6.07) is 24.8. The van der Waals surface area contributed by atoms with Crippen molar-refractivity contribution >= 4 is 16.7 Å². The quantitative estimate of drug-likeness (QED) is 0.139. The molecule has 1 heterocycles. The van der Waals surface area contributed by atoms with Crippen LogP contribution in [0.25, 0.3) is 33.3 Å². The largest absolute Gasteiger partial charge is 0.512 e. The predicted molar refractivity (Wildman–Crippen MR) is 140 cm³/mol. The molecule has 0 spiro atoms. The Morgan fingerprint density at radius 1 is 1.00 bits per heavy atom. The van der Waals surface area contributed by atoms with E-state index in [-0.39, 0.29) is 37.1 Å². The number of carbonyl (C=O) groups is 1. The van der Waals surface area contributed by atoms with Gasteiger partial charge in [0.1, 0.15) is 0 Å². The Hall–Kier alpha value is -3.07. The van der Waals surface area contributed by atoms with E-state index in [4.69, 9.17) is 10.1 Å². The molecular formula is C31H30IrNO2-. The molecule has 0 unspecified atom stereocenters. The van der Waals surface area contributed by atoms with Gasteiger partial charge in [-0.25, -0.2) is 0 Å². The summed E-state index contributed by atoms with van der Waals surface area (Å²) >= 11 is 0. The van der Waals surface area contributed by atoms with Crippen molar-refractivity contribution in [1.82, 2.24) is 4.98 Å². The maximum Gasteiger partial charge on any atom is 0.155 e. The Kier molecular flexibility index (Phi) is 7.79. The fourth-order valence-corrected chi connectivity index (χ4v) is 5.25. The van der Waals surface area contributed by atoms with Gasteiger partial charge >= 0.3 is 0 Å². The molecule has 0 saturated carbocycles. The van der Waals surface area contributed by atoms with Crippen molar-refractivity contribution < 1.29 is 30.0 Å². The van der Waals surface area contributed by atoms with E-state index < -0.39 is 0 Å². The van der Waals surface area contributed by atoms with E-state index in [1.807, 2.05) is 12.1 Å². The Balaban J connectivity index is 0.000000378. The molecule has 4 aromatic rings. The van der Waals surface area contributed by atoms with Crippen molar-refractivity contribution in [2.24, 2.45) is 0 Å². The van der Waals surface area contributed by atoms with Gasteiger partial charge in [0.25, 0.3) is 0 Å². The van der Waals surface area contributed by atoms with Crippen molar-refractivity contribution in [3.63, 3.8) is 0 Å². The Labute approximate surface area is 221 Å². The summed E-state index contributed by atoms with van der Waals surface area (Å²) in [5, 5.41) is 9.60. The zero-order valence-corrected chi connectivity index (χ0v) is 23.4. The van der Waals surface area contributed by atoms with E-state index in [9.17, 15) is 4.79 Å². The third-order valence-electron chi connectivity index (χ3n) is 6.27. The monoisotopic (exact) mass is 641 g/mol. The van der Waals surface area contributed by atoms with Crippen molar-refractivity contribution in [2.75, 3.05) is 0 Å². The number of aliphatic hydroxyl groups excluding tert-OH is 1. The van der Waals surface area contributed by atoms with Gasteiger partial charge in [-0.05, 0) is 67.3 Å². The molecule has 0 aliphatic heterocycles. The maximum absolute atomic E-state index is 10.0. The summed E-state index contributed by atoms with van der Waals surface area (Å²) in [4.78, 5) is 15.1. The van der Waals surface area contributed by atoms with Gasteiger partial charge in [0.05, 0.1) is 11.3 Å². The van der Waals surface area contributed by atoms with Gasteiger partial charge in [0.15, 0.2) is 5.78 Å². The number of pyridine rings is 1. The molecule has 1 N–H and O–H groups in total. The number of fused-ring (bicyclic) bond motifs is 5. The van der Waals surface area contributed by atoms with Crippen LogP contribution in [0.1, 0.15) is 49.9 Å². The van der Waals surface area contributed by atoms with E-state index in [1.165, 1.54) is 58.7 Å². The van der Waals surface area contributed by atoms with Crippen LogP contribution in [0.4, 0.5) is 0 Å². The van der Waals surface area contributed by atoms with Gasteiger partial charge in [-0.15, -0.1) is 35.9 Å². The molecule has 1 aliphatic carbocycles. The predicted octanol–water partition coefficient (Wildman–Crippen LogP) is 7.66. The van der Waals surface area contributed by atoms with Gasteiger partial charge < -0.3 is 5.11 Å². The second kappa shape index (κ2) is 10.3. The minimum Gasteiger partial charge on any atom is -0.512 e. The fraction of sp³-hybridized carbons (Fsp3) is 0.226. The van der Waals surface area contributed by atoms with E-state index in [1.54, 1.807) is 0 Å². The number of nitrogens with zero attached hydrogens (tertiary/aromatic N) is 1. The van der Waals surface area contributed by atoms with Gasteiger partial charge in [-0.3, -0.25) is 9.78 Å². The molecule has 1 radical (unpaired) electrons. The zero-order chi connectivity index (χ0) is 24.6. The molecule has 4 heteroatoms. The van der Waals surface area contributed by atoms with E-state index >= 15 is 0 Å². The number of para-hydroxylation sites is 1. The number of ketones is 1. The number of allylic oxidation sites excluding steroid dienone is 2. The molecule has 0 bridgehead atoms. The van der Waals surface area contributed by atoms with Crippen molar-refractivity contribution in [3.8, 4) is 22.4 Å². The van der Waals surface area contributed by atoms with E-state index in [0.717, 1.165) is 16.8 Å². The van der Waals surface area contributed by atoms with Crippen LogP contribution in [0, 0.1) is 19.9 Å². The van der Waals surface area contributed by atoms with Crippen LogP contribution in [0.15, 0.2) is 72.5 Å². The smallest absolute Gasteiger partial charge is 0.155 e. The second-order valence-electron chi connectivity index (χ2n) is 9.53. The first-order chi connectivity index (χ1) is 16.1. The van der Waals surface area contributed by atoms with Crippen LogP contribution in [0.2, 0.25) is 0 Å². The third kappa shape index (κ3) is 5.00. The number of aliphatic hydroxyl groups is 1. The molecule has 181 valence electrons.